The lowest BCUT2D eigenvalue weighted by molar-refractivity contribution is -0.144. The molecule has 0 bridgehead atoms. The number of phosphoric acid groups is 1. The van der Waals surface area contributed by atoms with Gasteiger partial charge < -0.3 is 95.1 Å². The van der Waals surface area contributed by atoms with E-state index in [0.717, 1.165) is 75.4 Å². The van der Waals surface area contributed by atoms with Gasteiger partial charge in [-0.2, -0.15) is 0 Å². The number of hydrogen-bond donors (Lipinski definition) is 12. The maximum Gasteiger partial charge on any atom is 0.469 e. The summed E-state index contributed by atoms with van der Waals surface area (Å²) < 4.78 is 44.4. The third-order valence-corrected chi connectivity index (χ3v) is 24.8. The monoisotopic (exact) mass is 1860 g/mol. The van der Waals surface area contributed by atoms with Gasteiger partial charge in [-0.15, -0.1) is 0 Å². The van der Waals surface area contributed by atoms with E-state index in [1.165, 1.54) is 26.7 Å². The number of fused-ring (bicyclic) bond motifs is 10. The Kier molecular flexibility index (Phi) is 34.0. The van der Waals surface area contributed by atoms with Crippen LogP contribution in [0.5, 0.6) is 0 Å². The fraction of sp³-hybridized carbons (Fsp3) is 0.333. The number of aromatic nitrogens is 2. The van der Waals surface area contributed by atoms with Gasteiger partial charge in [0.15, 0.2) is 0 Å². The van der Waals surface area contributed by atoms with E-state index in [1.807, 2.05) is 115 Å². The van der Waals surface area contributed by atoms with E-state index in [2.05, 4.69) is 35.8 Å². The molecule has 8 aromatic carbocycles. The Balaban J connectivity index is 0.654. The van der Waals surface area contributed by atoms with Crippen molar-refractivity contribution in [1.82, 2.24) is 50.8 Å². The topological polar surface area (TPSA) is 529 Å². The number of H-pyrrole nitrogens is 1. The molecular weight excluding hydrogens is 1760 g/mol. The second-order valence-corrected chi connectivity index (χ2v) is 34.4. The van der Waals surface area contributed by atoms with Crippen molar-refractivity contribution < 1.29 is 126 Å². The van der Waals surface area contributed by atoms with Crippen LogP contribution in [0.4, 0.5) is 20.1 Å². The average molecular weight is 1860 g/mol. The fourth-order valence-electron chi connectivity index (χ4n) is 15.8. The average Bonchev–Trinajstić information content (AvgIpc) is 1.50. The van der Waals surface area contributed by atoms with E-state index in [1.54, 1.807) is 49.4 Å². The lowest BCUT2D eigenvalue weighted by Gasteiger charge is -2.28. The van der Waals surface area contributed by atoms with Gasteiger partial charge in [-0.1, -0.05) is 149 Å². The summed E-state index contributed by atoms with van der Waals surface area (Å²) in [7, 11) is -2.55. The van der Waals surface area contributed by atoms with Crippen LogP contribution in [0.3, 0.4) is 0 Å². The molecule has 0 spiro atoms. The highest BCUT2D eigenvalue weighted by atomic mass is 33.1. The molecule has 38 nitrogen and oxygen atoms in total. The third-order valence-electron chi connectivity index (χ3n) is 21.8. The predicted molar refractivity (Wildman–Crippen MR) is 477 cm³/mol. The lowest BCUT2D eigenvalue weighted by atomic mass is 9.98. The van der Waals surface area contributed by atoms with Crippen LogP contribution in [-0.2, 0) is 97.2 Å². The molecule has 0 radical (unpaired) electrons. The van der Waals surface area contributed by atoms with Gasteiger partial charge in [-0.3, -0.25) is 57.6 Å². The van der Waals surface area contributed by atoms with Crippen molar-refractivity contribution in [2.45, 2.75) is 74.7 Å². The summed E-state index contributed by atoms with van der Waals surface area (Å²) in [5.41, 5.74) is 10.5. The first kappa shape index (κ1) is 96.9. The number of anilines is 1. The molecule has 2 heterocycles. The number of aryl methyl sites for hydroxylation is 1. The minimum Gasteiger partial charge on any atom is -0.480 e. The van der Waals surface area contributed by atoms with E-state index in [9.17, 15) is 102 Å². The fourth-order valence-corrected chi connectivity index (χ4v) is 18.5. The Bertz CT molecular complexity index is 5770. The highest BCUT2D eigenvalue weighted by Gasteiger charge is 2.39. The molecule has 0 saturated heterocycles. The number of nitrogens with one attached hydrogen (secondary N) is 5. The van der Waals surface area contributed by atoms with Gasteiger partial charge in [0.25, 0.3) is 11.5 Å². The summed E-state index contributed by atoms with van der Waals surface area (Å²) in [4.78, 5) is 203. The number of aromatic amines is 1. The molecule has 9 aromatic rings. The van der Waals surface area contributed by atoms with Gasteiger partial charge in [-0.05, 0) is 134 Å². The zero-order valence-electron chi connectivity index (χ0n) is 70.8. The molecule has 690 valence electrons. The second kappa shape index (κ2) is 45.9. The lowest BCUT2D eigenvalue weighted by Crippen LogP contribution is -2.49. The van der Waals surface area contributed by atoms with E-state index in [0.29, 0.717) is 55.0 Å². The molecule has 41 heteroatoms. The van der Waals surface area contributed by atoms with Crippen molar-refractivity contribution in [1.29, 1.82) is 0 Å². The number of ether oxygens (including phenoxy) is 5. The Hall–Kier alpha value is -13.1. The highest BCUT2D eigenvalue weighted by Crippen LogP contribution is 2.47. The maximum atomic E-state index is 14.8. The van der Waals surface area contributed by atoms with Crippen LogP contribution in [0.25, 0.3) is 43.9 Å². The molecule has 2 unspecified atom stereocenters. The molecule has 12 N–H and O–H groups in total. The smallest absolute Gasteiger partial charge is 0.469 e. The predicted octanol–water partition coefficient (Wildman–Crippen LogP) is 7.79. The number of carboxylic acids is 5. The standard InChI is InChI=1S/C90H96N11O27PS2/c1-54-94-73-24-21-57-20-18-55(41-70(57)83(73)85(113)95-54)43-100(90(119)127-51-72-68-16-8-4-12-64(68)65-13-5-9-17-69(65)72)60-22-23-61-59(42-60)44-101(86(61)114)75(87(115)116)25-27-77(102)91-29-32-99(78(103)45-97(46-79(104)105)33-34-98(47-80(106)107)48-81(108)109)35-39-123-37-30-93-88(117)125-49-56-19-26-76(58(40-56)28-36-124-52-82(110)111)131-130-53-74(84(112)92-31-38-128-129(120,121)122)96-89(118)126-50-71-66-14-6-2-10-62(66)63-11-3-7-15-67(63)71/h2-24,26,40-42,71-72,74-75H,25,27-39,43-53H2,1H3,(H,91,102)(H,92,112)(H,93,117)(H,96,118)(H,104,105)(H,106,107)(H,108,109)(H,110,111)(H,115,116)(H,94,95,113)(H2,120,121,122). The van der Waals surface area contributed by atoms with Gasteiger partial charge >= 0.3 is 55.9 Å². The Labute approximate surface area is 756 Å². The van der Waals surface area contributed by atoms with Gasteiger partial charge in [0.2, 0.25) is 17.7 Å². The molecule has 1 aliphatic heterocycles. The number of aliphatic carboxylic acids is 5. The number of alkyl carbamates (subject to hydrolysis) is 2. The summed E-state index contributed by atoms with van der Waals surface area (Å²) in [6.45, 7) is -5.20. The largest absolute Gasteiger partial charge is 0.480 e. The summed E-state index contributed by atoms with van der Waals surface area (Å²) in [6.07, 6.45) is -3.23. The molecule has 7 amide bonds. The first-order valence-electron chi connectivity index (χ1n) is 41.6. The molecule has 0 fully saturated rings. The van der Waals surface area contributed by atoms with Gasteiger partial charge in [0, 0.05) is 92.5 Å². The Morgan fingerprint density at radius 1 is 0.595 bits per heavy atom. The van der Waals surface area contributed by atoms with E-state index >= 15 is 0 Å². The van der Waals surface area contributed by atoms with Crippen LogP contribution in [-0.4, -0.2) is 273 Å². The van der Waals surface area contributed by atoms with Crippen LogP contribution >= 0.6 is 29.4 Å². The molecule has 12 rings (SSSR count). The van der Waals surface area contributed by atoms with Gasteiger partial charge in [0.05, 0.1) is 70.1 Å². The summed E-state index contributed by atoms with van der Waals surface area (Å²) >= 11 is 0. The van der Waals surface area contributed by atoms with Crippen LogP contribution in [0.2, 0.25) is 0 Å². The number of rotatable bonds is 49. The number of amides is 7. The van der Waals surface area contributed by atoms with Crippen molar-refractivity contribution >= 4 is 129 Å². The molecule has 131 heavy (non-hydrogen) atoms. The number of carbonyl (C=O) groups is 12. The van der Waals surface area contributed by atoms with Crippen molar-refractivity contribution in [3.8, 4) is 22.3 Å². The summed E-state index contributed by atoms with van der Waals surface area (Å²) in [6, 6.07) is 47.0. The first-order valence-corrected chi connectivity index (χ1v) is 45.4. The van der Waals surface area contributed by atoms with Crippen molar-refractivity contribution in [2.24, 2.45) is 0 Å². The number of phosphoric ester groups is 1. The molecule has 2 aliphatic carbocycles. The van der Waals surface area contributed by atoms with Crippen LogP contribution < -0.4 is 31.7 Å². The summed E-state index contributed by atoms with van der Waals surface area (Å²) in [5, 5.41) is 60.8. The number of carboxylic acid groups (broad SMARTS) is 5. The highest BCUT2D eigenvalue weighted by molar-refractivity contribution is 8.76. The first-order chi connectivity index (χ1) is 62.9. The number of benzene rings is 8. The van der Waals surface area contributed by atoms with Gasteiger partial charge in [0.1, 0.15) is 44.3 Å². The van der Waals surface area contributed by atoms with Crippen molar-refractivity contribution in [3.05, 3.63) is 230 Å². The van der Waals surface area contributed by atoms with E-state index in [4.69, 9.17) is 23.7 Å². The van der Waals surface area contributed by atoms with Crippen LogP contribution in [0.15, 0.2) is 173 Å². The SMILES string of the molecule is Cc1nc2ccc3ccc(CN(C(=O)OCC4c5ccccc5-c5ccccc54)c4ccc5c(c4)CN(C(CCC(=O)NCCN(CCOCCNC(=O)OCc4ccc(SSCC(NC(=O)OCC6c7ccccc7-c7ccccc76)C(=O)NCCOP(=O)(O)O)c(CCOCC(=O)O)c4)C(=O)CN(CCN(CC(=O)O)CC(=O)O)CC(=O)O)C(=O)O)C5=O)cc3c2c(=O)[nH]1. The Morgan fingerprint density at radius 2 is 1.20 bits per heavy atom. The number of carbonyl (C=O) groups excluding carboxylic acids is 7. The molecule has 1 aromatic heterocycles. The number of nitrogens with zero attached hydrogens (tertiary/aromatic N) is 6. The summed E-state index contributed by atoms with van der Waals surface area (Å²) in [5.74, 6) is -9.82. The molecule has 2 atom stereocenters. The van der Waals surface area contributed by atoms with E-state index in [-0.39, 0.29) is 134 Å². The molecule has 0 saturated carbocycles. The maximum absolute atomic E-state index is 14.8. The Morgan fingerprint density at radius 3 is 1.82 bits per heavy atom. The van der Waals surface area contributed by atoms with Crippen LogP contribution in [0.1, 0.15) is 85.4 Å². The van der Waals surface area contributed by atoms with Crippen molar-refractivity contribution in [3.63, 3.8) is 0 Å². The second-order valence-electron chi connectivity index (χ2n) is 30.8. The minimum absolute atomic E-state index is 0.0446. The molecule has 3 aliphatic rings. The van der Waals surface area contributed by atoms with Crippen LogP contribution in [0, 0.1) is 6.92 Å². The zero-order valence-corrected chi connectivity index (χ0v) is 73.3. The van der Waals surface area contributed by atoms with Crippen molar-refractivity contribution in [2.75, 3.05) is 129 Å². The zero-order chi connectivity index (χ0) is 93.4. The third kappa shape index (κ3) is 26.8. The van der Waals surface area contributed by atoms with E-state index < -0.39 is 144 Å². The molecular formula is C90H96N11O27PS2. The normalized spacial score (nSPS) is 13.0. The number of hydrogen-bond acceptors (Lipinski definition) is 25. The quantitative estimate of drug-likeness (QED) is 0.00569. The minimum atomic E-state index is -4.87. The van der Waals surface area contributed by atoms with Gasteiger partial charge in [-0.25, -0.2) is 33.5 Å².